The minimum Gasteiger partial charge on any atom is -0.472 e. The molecule has 5 heteroatoms. The molecule has 31 heavy (non-hydrogen) atoms. The number of aromatic amines is 1. The fourth-order valence-corrected chi connectivity index (χ4v) is 4.20. The van der Waals surface area contributed by atoms with E-state index < -0.39 is 0 Å². The molecule has 1 aliphatic rings. The monoisotopic (exact) mass is 412 g/mol. The summed E-state index contributed by atoms with van der Waals surface area (Å²) in [6, 6.07) is 15.4. The first-order valence-corrected chi connectivity index (χ1v) is 11.1. The third-order valence-corrected chi connectivity index (χ3v) is 6.02. The maximum absolute atomic E-state index is 6.08. The van der Waals surface area contributed by atoms with Crippen molar-refractivity contribution in [3.05, 3.63) is 66.6 Å². The molecular formula is C26H28N4O. The fourth-order valence-electron chi connectivity index (χ4n) is 4.20. The highest BCUT2D eigenvalue weighted by Crippen LogP contribution is 2.32. The molecule has 1 unspecified atom stereocenters. The molecule has 0 radical (unpaired) electrons. The van der Waals surface area contributed by atoms with Gasteiger partial charge in [0.1, 0.15) is 6.10 Å². The molecular weight excluding hydrogens is 384 g/mol. The van der Waals surface area contributed by atoms with E-state index in [9.17, 15) is 0 Å². The van der Waals surface area contributed by atoms with E-state index in [4.69, 9.17) is 9.72 Å². The summed E-state index contributed by atoms with van der Waals surface area (Å²) < 4.78 is 6.08. The van der Waals surface area contributed by atoms with E-state index >= 15 is 0 Å². The molecule has 0 saturated carbocycles. The lowest BCUT2D eigenvalue weighted by Gasteiger charge is -2.23. The van der Waals surface area contributed by atoms with Gasteiger partial charge in [-0.1, -0.05) is 44.2 Å². The van der Waals surface area contributed by atoms with E-state index in [-0.39, 0.29) is 6.10 Å². The number of H-pyrrole nitrogens is 1. The number of piperidine rings is 1. The lowest BCUT2D eigenvalue weighted by atomic mass is 9.97. The Balaban J connectivity index is 1.46. The van der Waals surface area contributed by atoms with E-state index in [2.05, 4.69) is 71.6 Å². The molecule has 2 aromatic carbocycles. The molecule has 2 aromatic heterocycles. The van der Waals surface area contributed by atoms with Crippen LogP contribution in [0.25, 0.3) is 33.3 Å². The average molecular weight is 413 g/mol. The Morgan fingerprint density at radius 2 is 1.87 bits per heavy atom. The highest BCUT2D eigenvalue weighted by Gasteiger charge is 2.16. The molecule has 3 heterocycles. The van der Waals surface area contributed by atoms with Crippen LogP contribution in [0.5, 0.6) is 5.88 Å². The molecule has 0 spiro atoms. The number of nitrogens with one attached hydrogen (secondary N) is 2. The zero-order chi connectivity index (χ0) is 21.2. The predicted octanol–water partition coefficient (Wildman–Crippen LogP) is 5.55. The first kappa shape index (κ1) is 19.8. The van der Waals surface area contributed by atoms with Crippen molar-refractivity contribution in [3.63, 3.8) is 0 Å². The predicted molar refractivity (Wildman–Crippen MR) is 125 cm³/mol. The minimum atomic E-state index is 0.154. The van der Waals surface area contributed by atoms with Crippen LogP contribution >= 0.6 is 0 Å². The van der Waals surface area contributed by atoms with Gasteiger partial charge in [-0.15, -0.1) is 0 Å². The van der Waals surface area contributed by atoms with Gasteiger partial charge in [-0.25, -0.2) is 4.98 Å². The first-order chi connectivity index (χ1) is 15.2. The van der Waals surface area contributed by atoms with Crippen LogP contribution in [0.1, 0.15) is 38.2 Å². The molecule has 1 saturated heterocycles. The van der Waals surface area contributed by atoms with Crippen LogP contribution in [0.2, 0.25) is 0 Å². The summed E-state index contributed by atoms with van der Waals surface area (Å²) in [5, 5.41) is 4.51. The van der Waals surface area contributed by atoms with Crippen molar-refractivity contribution in [2.45, 2.75) is 38.7 Å². The van der Waals surface area contributed by atoms with Crippen molar-refractivity contribution in [2.75, 3.05) is 13.1 Å². The molecule has 0 amide bonds. The SMILES string of the molecule is CC(C)c1ccc(-c2ccc3[nH]cc(-c4cncc(OC5CCCNC5)n4)c3c2)cc1. The van der Waals surface area contributed by atoms with Gasteiger partial charge in [0.15, 0.2) is 0 Å². The van der Waals surface area contributed by atoms with Gasteiger partial charge < -0.3 is 15.0 Å². The molecule has 2 N–H and O–H groups in total. The number of benzene rings is 2. The Bertz CT molecular complexity index is 1170. The maximum atomic E-state index is 6.08. The van der Waals surface area contributed by atoms with Crippen LogP contribution in [-0.2, 0) is 0 Å². The Morgan fingerprint density at radius 3 is 2.65 bits per heavy atom. The van der Waals surface area contributed by atoms with Crippen molar-refractivity contribution in [1.29, 1.82) is 0 Å². The van der Waals surface area contributed by atoms with Crippen LogP contribution < -0.4 is 10.1 Å². The van der Waals surface area contributed by atoms with Crippen molar-refractivity contribution in [2.24, 2.45) is 0 Å². The number of fused-ring (bicyclic) bond motifs is 1. The lowest BCUT2D eigenvalue weighted by molar-refractivity contribution is 0.160. The van der Waals surface area contributed by atoms with E-state index in [1.807, 2.05) is 6.20 Å². The summed E-state index contributed by atoms with van der Waals surface area (Å²) in [5.41, 5.74) is 6.70. The molecule has 5 rings (SSSR count). The van der Waals surface area contributed by atoms with Crippen LogP contribution in [-0.4, -0.2) is 34.1 Å². The summed E-state index contributed by atoms with van der Waals surface area (Å²) in [7, 11) is 0. The molecule has 0 aliphatic carbocycles. The third kappa shape index (κ3) is 4.19. The number of ether oxygens (including phenoxy) is 1. The van der Waals surface area contributed by atoms with Crippen LogP contribution in [0.15, 0.2) is 61.1 Å². The number of hydrogen-bond donors (Lipinski definition) is 2. The summed E-state index contributed by atoms with van der Waals surface area (Å²) in [6.07, 6.45) is 7.84. The van der Waals surface area contributed by atoms with Gasteiger partial charge in [0.25, 0.3) is 0 Å². The number of hydrogen-bond acceptors (Lipinski definition) is 4. The average Bonchev–Trinajstić information content (AvgIpc) is 3.23. The second kappa shape index (κ2) is 8.52. The van der Waals surface area contributed by atoms with Gasteiger partial charge in [0, 0.05) is 29.2 Å². The molecule has 1 atom stereocenters. The zero-order valence-corrected chi connectivity index (χ0v) is 18.1. The van der Waals surface area contributed by atoms with Gasteiger partial charge in [-0.3, -0.25) is 4.98 Å². The van der Waals surface area contributed by atoms with E-state index in [1.54, 1.807) is 12.4 Å². The standard InChI is InChI=1S/C26H28N4O/c1-17(2)18-5-7-19(8-6-18)20-9-10-24-22(12-20)23(14-29-24)25-15-28-16-26(30-25)31-21-4-3-11-27-13-21/h5-10,12,14-17,21,27,29H,3-4,11,13H2,1-2H3. The van der Waals surface area contributed by atoms with Crippen LogP contribution in [0.3, 0.4) is 0 Å². The van der Waals surface area contributed by atoms with Crippen molar-refractivity contribution < 1.29 is 4.74 Å². The highest BCUT2D eigenvalue weighted by molar-refractivity contribution is 5.97. The Morgan fingerprint density at radius 1 is 1.03 bits per heavy atom. The summed E-state index contributed by atoms with van der Waals surface area (Å²) in [6.45, 7) is 6.36. The van der Waals surface area contributed by atoms with Gasteiger partial charge in [0.05, 0.1) is 18.1 Å². The number of nitrogens with zero attached hydrogens (tertiary/aromatic N) is 2. The molecule has 1 aliphatic heterocycles. The topological polar surface area (TPSA) is 62.8 Å². The second-order valence-electron chi connectivity index (χ2n) is 8.57. The van der Waals surface area contributed by atoms with E-state index in [0.29, 0.717) is 11.8 Å². The molecule has 158 valence electrons. The Labute approximate surface area is 182 Å². The van der Waals surface area contributed by atoms with Gasteiger partial charge >= 0.3 is 0 Å². The molecule has 5 nitrogen and oxygen atoms in total. The van der Waals surface area contributed by atoms with Crippen molar-refractivity contribution in [1.82, 2.24) is 20.3 Å². The lowest BCUT2D eigenvalue weighted by Crippen LogP contribution is -2.37. The quantitative estimate of drug-likeness (QED) is 0.451. The molecule has 1 fully saturated rings. The fraction of sp³-hybridized carbons (Fsp3) is 0.308. The van der Waals surface area contributed by atoms with Crippen molar-refractivity contribution in [3.8, 4) is 28.3 Å². The molecule has 4 aromatic rings. The minimum absolute atomic E-state index is 0.154. The first-order valence-electron chi connectivity index (χ1n) is 11.1. The zero-order valence-electron chi connectivity index (χ0n) is 18.1. The van der Waals surface area contributed by atoms with Crippen LogP contribution in [0, 0.1) is 0 Å². The second-order valence-corrected chi connectivity index (χ2v) is 8.57. The van der Waals surface area contributed by atoms with Crippen LogP contribution in [0.4, 0.5) is 0 Å². The van der Waals surface area contributed by atoms with E-state index in [1.165, 1.54) is 16.7 Å². The Hall–Kier alpha value is -3.18. The van der Waals surface area contributed by atoms with Gasteiger partial charge in [0.2, 0.25) is 5.88 Å². The van der Waals surface area contributed by atoms with Gasteiger partial charge in [-0.05, 0) is 54.1 Å². The smallest absolute Gasteiger partial charge is 0.233 e. The summed E-state index contributed by atoms with van der Waals surface area (Å²) >= 11 is 0. The van der Waals surface area contributed by atoms with Crippen molar-refractivity contribution >= 4 is 10.9 Å². The molecule has 0 bridgehead atoms. The summed E-state index contributed by atoms with van der Waals surface area (Å²) in [4.78, 5) is 12.5. The largest absolute Gasteiger partial charge is 0.472 e. The summed E-state index contributed by atoms with van der Waals surface area (Å²) in [5.74, 6) is 1.12. The van der Waals surface area contributed by atoms with Gasteiger partial charge in [-0.2, -0.15) is 0 Å². The Kier molecular flexibility index (Phi) is 5.43. The van der Waals surface area contributed by atoms with E-state index in [0.717, 1.165) is 48.1 Å². The number of rotatable bonds is 5. The number of aromatic nitrogens is 3. The third-order valence-electron chi connectivity index (χ3n) is 6.02. The maximum Gasteiger partial charge on any atom is 0.233 e. The highest BCUT2D eigenvalue weighted by atomic mass is 16.5. The normalized spacial score (nSPS) is 16.7.